The maximum Gasteiger partial charge on any atom is 0.231 e. The fourth-order valence-corrected chi connectivity index (χ4v) is 2.84. The van der Waals surface area contributed by atoms with Crippen LogP contribution in [0.3, 0.4) is 0 Å². The Kier molecular flexibility index (Phi) is 3.44. The van der Waals surface area contributed by atoms with Gasteiger partial charge in [0, 0.05) is 19.0 Å². The fraction of sp³-hybridized carbons (Fsp3) is 0.312. The molecule has 0 fully saturated rings. The van der Waals surface area contributed by atoms with E-state index in [1.165, 1.54) is 6.92 Å². The number of carbonyl (C=O) groups excluding carboxylic acids is 2. The highest BCUT2D eigenvalue weighted by Gasteiger charge is 2.32. The topological polar surface area (TPSA) is 92.1 Å². The summed E-state index contributed by atoms with van der Waals surface area (Å²) in [6.45, 7) is 4.48. The molecule has 2 heterocycles. The first-order valence-electron chi connectivity index (χ1n) is 7.14. The van der Waals surface area contributed by atoms with Crippen LogP contribution in [-0.2, 0) is 22.7 Å². The lowest BCUT2D eigenvalue weighted by atomic mass is 9.92. The number of nitrogens with one attached hydrogen (secondary N) is 1. The molecule has 0 aliphatic carbocycles. The zero-order chi connectivity index (χ0) is 15.9. The Morgan fingerprint density at radius 1 is 1.27 bits per heavy atom. The van der Waals surface area contributed by atoms with Crippen molar-refractivity contribution < 1.29 is 9.59 Å². The molecule has 1 aromatic carbocycles. The molecule has 6 nitrogen and oxygen atoms in total. The van der Waals surface area contributed by atoms with Gasteiger partial charge in [0.2, 0.25) is 11.8 Å². The first kappa shape index (κ1) is 14.3. The molecule has 3 N–H and O–H groups in total. The van der Waals surface area contributed by atoms with E-state index >= 15 is 0 Å². The van der Waals surface area contributed by atoms with Crippen molar-refractivity contribution >= 4 is 11.8 Å². The Morgan fingerprint density at radius 3 is 2.55 bits per heavy atom. The van der Waals surface area contributed by atoms with Crippen LogP contribution < -0.4 is 5.73 Å². The molecule has 6 heteroatoms. The van der Waals surface area contributed by atoms with Gasteiger partial charge in [0.05, 0.1) is 17.9 Å². The summed E-state index contributed by atoms with van der Waals surface area (Å²) in [7, 11) is 0. The molecule has 0 spiro atoms. The molecular weight excluding hydrogens is 280 g/mol. The number of benzene rings is 1. The van der Waals surface area contributed by atoms with Crippen LogP contribution in [0.2, 0.25) is 0 Å². The van der Waals surface area contributed by atoms with Crippen LogP contribution in [0.25, 0.3) is 0 Å². The van der Waals surface area contributed by atoms with E-state index in [-0.39, 0.29) is 5.91 Å². The Morgan fingerprint density at radius 2 is 1.95 bits per heavy atom. The number of H-pyrrole nitrogens is 1. The third-order valence-electron chi connectivity index (χ3n) is 4.10. The van der Waals surface area contributed by atoms with Crippen molar-refractivity contribution in [3.05, 3.63) is 52.3 Å². The van der Waals surface area contributed by atoms with Gasteiger partial charge in [-0.15, -0.1) is 0 Å². The monoisotopic (exact) mass is 298 g/mol. The zero-order valence-electron chi connectivity index (χ0n) is 12.6. The summed E-state index contributed by atoms with van der Waals surface area (Å²) in [5, 5.41) is 7.22. The summed E-state index contributed by atoms with van der Waals surface area (Å²) in [4.78, 5) is 25.2. The van der Waals surface area contributed by atoms with Gasteiger partial charge in [-0.05, 0) is 12.5 Å². The number of carbonyl (C=O) groups is 2. The van der Waals surface area contributed by atoms with Crippen molar-refractivity contribution in [2.45, 2.75) is 32.9 Å². The molecule has 0 saturated heterocycles. The Labute approximate surface area is 128 Å². The van der Waals surface area contributed by atoms with Crippen LogP contribution in [0.1, 0.15) is 40.9 Å². The summed E-state index contributed by atoms with van der Waals surface area (Å²) < 4.78 is 0. The van der Waals surface area contributed by atoms with E-state index in [2.05, 4.69) is 10.2 Å². The van der Waals surface area contributed by atoms with Crippen LogP contribution in [-0.4, -0.2) is 26.9 Å². The predicted molar refractivity (Wildman–Crippen MR) is 80.7 cm³/mol. The van der Waals surface area contributed by atoms with Crippen molar-refractivity contribution in [1.82, 2.24) is 15.1 Å². The Balaban J connectivity index is 2.00. The number of hydrogen-bond donors (Lipinski definition) is 2. The quantitative estimate of drug-likeness (QED) is 0.891. The molecular formula is C16H18N4O2. The number of amides is 2. The number of hydrogen-bond acceptors (Lipinski definition) is 3. The first-order chi connectivity index (χ1) is 10.5. The number of aromatic nitrogens is 2. The van der Waals surface area contributed by atoms with E-state index in [1.54, 1.807) is 4.90 Å². The lowest BCUT2D eigenvalue weighted by Gasteiger charge is -2.15. The second-order valence-electron chi connectivity index (χ2n) is 5.69. The SMILES string of the molecule is CC(=O)N1Cc2[nH]nc(C(C(N)=O)c3ccc(C)cc3)c2C1. The van der Waals surface area contributed by atoms with Crippen LogP contribution in [0.4, 0.5) is 0 Å². The number of aromatic amines is 1. The smallest absolute Gasteiger partial charge is 0.231 e. The number of rotatable bonds is 3. The Bertz CT molecular complexity index is 733. The number of nitrogens with zero attached hydrogens (tertiary/aromatic N) is 2. The second-order valence-corrected chi connectivity index (χ2v) is 5.69. The maximum atomic E-state index is 12.0. The van der Waals surface area contributed by atoms with Gasteiger partial charge in [0.25, 0.3) is 0 Å². The van der Waals surface area contributed by atoms with Crippen molar-refractivity contribution in [2.24, 2.45) is 5.73 Å². The zero-order valence-corrected chi connectivity index (χ0v) is 12.6. The van der Waals surface area contributed by atoms with Gasteiger partial charge in [-0.3, -0.25) is 14.7 Å². The van der Waals surface area contributed by atoms with Crippen molar-refractivity contribution in [2.75, 3.05) is 0 Å². The summed E-state index contributed by atoms with van der Waals surface area (Å²) in [5.41, 5.74) is 9.94. The fourth-order valence-electron chi connectivity index (χ4n) is 2.84. The maximum absolute atomic E-state index is 12.0. The number of fused-ring (bicyclic) bond motifs is 1. The van der Waals surface area contributed by atoms with Gasteiger partial charge in [-0.1, -0.05) is 29.8 Å². The number of primary amides is 1. The van der Waals surface area contributed by atoms with E-state index in [9.17, 15) is 9.59 Å². The standard InChI is InChI=1S/C16H18N4O2/c1-9-3-5-11(6-4-9)14(16(17)22)15-12-7-20(10(2)21)8-13(12)18-19-15/h3-6,14H,7-8H2,1-2H3,(H2,17,22)(H,18,19). The summed E-state index contributed by atoms with van der Waals surface area (Å²) in [6.07, 6.45) is 0. The molecule has 1 aromatic heterocycles. The summed E-state index contributed by atoms with van der Waals surface area (Å²) in [6, 6.07) is 7.67. The van der Waals surface area contributed by atoms with Gasteiger partial charge in [0.1, 0.15) is 5.92 Å². The van der Waals surface area contributed by atoms with E-state index in [4.69, 9.17) is 5.73 Å². The van der Waals surface area contributed by atoms with Crippen molar-refractivity contribution in [3.8, 4) is 0 Å². The minimum Gasteiger partial charge on any atom is -0.369 e. The third-order valence-corrected chi connectivity index (χ3v) is 4.10. The van der Waals surface area contributed by atoms with Crippen LogP contribution in [0, 0.1) is 6.92 Å². The van der Waals surface area contributed by atoms with Gasteiger partial charge in [-0.2, -0.15) is 5.10 Å². The summed E-state index contributed by atoms with van der Waals surface area (Å²) in [5.74, 6) is -1.05. The molecule has 2 amide bonds. The third kappa shape index (κ3) is 2.36. The minimum atomic E-state index is -0.604. The highest BCUT2D eigenvalue weighted by Crippen LogP contribution is 2.32. The van der Waals surface area contributed by atoms with E-state index < -0.39 is 11.8 Å². The first-order valence-corrected chi connectivity index (χ1v) is 7.14. The van der Waals surface area contributed by atoms with Crippen molar-refractivity contribution in [3.63, 3.8) is 0 Å². The molecule has 3 rings (SSSR count). The normalized spacial score (nSPS) is 14.7. The van der Waals surface area contributed by atoms with Gasteiger partial charge >= 0.3 is 0 Å². The van der Waals surface area contributed by atoms with Gasteiger partial charge in [-0.25, -0.2) is 0 Å². The highest BCUT2D eigenvalue weighted by molar-refractivity contribution is 5.85. The van der Waals surface area contributed by atoms with E-state index in [1.807, 2.05) is 31.2 Å². The molecule has 1 aliphatic heterocycles. The van der Waals surface area contributed by atoms with Crippen LogP contribution in [0.15, 0.2) is 24.3 Å². The molecule has 1 atom stereocenters. The molecule has 2 aromatic rings. The lowest BCUT2D eigenvalue weighted by Crippen LogP contribution is -2.25. The minimum absolute atomic E-state index is 0.00140. The average molecular weight is 298 g/mol. The van der Waals surface area contributed by atoms with Gasteiger partial charge < -0.3 is 10.6 Å². The molecule has 1 unspecified atom stereocenters. The van der Waals surface area contributed by atoms with E-state index in [0.29, 0.717) is 18.8 Å². The number of nitrogens with two attached hydrogens (primary N) is 1. The largest absolute Gasteiger partial charge is 0.369 e. The molecule has 0 radical (unpaired) electrons. The summed E-state index contributed by atoms with van der Waals surface area (Å²) >= 11 is 0. The molecule has 22 heavy (non-hydrogen) atoms. The molecule has 1 aliphatic rings. The van der Waals surface area contributed by atoms with E-state index in [0.717, 1.165) is 22.4 Å². The van der Waals surface area contributed by atoms with Gasteiger partial charge in [0.15, 0.2) is 0 Å². The highest BCUT2D eigenvalue weighted by atomic mass is 16.2. The molecule has 114 valence electrons. The number of aryl methyl sites for hydroxylation is 1. The van der Waals surface area contributed by atoms with Crippen LogP contribution in [0.5, 0.6) is 0 Å². The lowest BCUT2D eigenvalue weighted by molar-refractivity contribution is -0.129. The van der Waals surface area contributed by atoms with Crippen molar-refractivity contribution in [1.29, 1.82) is 0 Å². The molecule has 0 bridgehead atoms. The molecule has 0 saturated carbocycles. The Hall–Kier alpha value is -2.63. The van der Waals surface area contributed by atoms with Crippen LogP contribution >= 0.6 is 0 Å². The predicted octanol–water partition coefficient (Wildman–Crippen LogP) is 1.20. The second kappa shape index (κ2) is 5.29. The average Bonchev–Trinajstić information content (AvgIpc) is 3.02.